The van der Waals surface area contributed by atoms with E-state index in [-0.39, 0.29) is 0 Å². The SMILES string of the molecule is CCOCCSCc1ccc(C(C)C)cc1. The third kappa shape index (κ3) is 5.04. The van der Waals surface area contributed by atoms with E-state index in [0.29, 0.717) is 5.92 Å². The lowest BCUT2D eigenvalue weighted by molar-refractivity contribution is 0.164. The van der Waals surface area contributed by atoms with Crippen LogP contribution in [0.1, 0.15) is 37.8 Å². The van der Waals surface area contributed by atoms with E-state index in [1.165, 1.54) is 11.1 Å². The second-order valence-corrected chi connectivity index (χ2v) is 5.25. The van der Waals surface area contributed by atoms with Crippen LogP contribution in [0, 0.1) is 0 Å². The highest BCUT2D eigenvalue weighted by molar-refractivity contribution is 7.98. The van der Waals surface area contributed by atoms with Crippen molar-refractivity contribution >= 4 is 11.8 Å². The highest BCUT2D eigenvalue weighted by atomic mass is 32.2. The van der Waals surface area contributed by atoms with Gasteiger partial charge in [-0.15, -0.1) is 0 Å². The molecule has 0 spiro atoms. The Morgan fingerprint density at radius 3 is 2.44 bits per heavy atom. The normalized spacial score (nSPS) is 11.0. The standard InChI is InChI=1S/C14H22OS/c1-4-15-9-10-16-11-13-5-7-14(8-6-13)12(2)3/h5-8,12H,4,9-11H2,1-3H3. The summed E-state index contributed by atoms with van der Waals surface area (Å²) in [6.45, 7) is 8.18. The predicted molar refractivity (Wildman–Crippen MR) is 73.2 cm³/mol. The molecular weight excluding hydrogens is 216 g/mol. The molecule has 0 heterocycles. The molecule has 16 heavy (non-hydrogen) atoms. The Balaban J connectivity index is 2.27. The Morgan fingerprint density at radius 1 is 1.19 bits per heavy atom. The van der Waals surface area contributed by atoms with E-state index in [0.717, 1.165) is 24.7 Å². The van der Waals surface area contributed by atoms with Crippen LogP contribution in [0.2, 0.25) is 0 Å². The summed E-state index contributed by atoms with van der Waals surface area (Å²) in [7, 11) is 0. The molecule has 0 unspecified atom stereocenters. The van der Waals surface area contributed by atoms with Crippen LogP contribution in [0.15, 0.2) is 24.3 Å². The van der Waals surface area contributed by atoms with Gasteiger partial charge in [-0.1, -0.05) is 38.1 Å². The molecule has 0 N–H and O–H groups in total. The lowest BCUT2D eigenvalue weighted by atomic mass is 10.0. The maximum atomic E-state index is 5.30. The summed E-state index contributed by atoms with van der Waals surface area (Å²) in [5.74, 6) is 2.80. The van der Waals surface area contributed by atoms with E-state index in [2.05, 4.69) is 38.1 Å². The smallest absolute Gasteiger partial charge is 0.0556 e. The third-order valence-corrected chi connectivity index (χ3v) is 3.48. The molecule has 0 aliphatic carbocycles. The fourth-order valence-electron chi connectivity index (χ4n) is 1.45. The summed E-state index contributed by atoms with van der Waals surface area (Å²) in [5.41, 5.74) is 2.83. The first kappa shape index (κ1) is 13.6. The van der Waals surface area contributed by atoms with Crippen LogP contribution < -0.4 is 0 Å². The molecule has 0 atom stereocenters. The van der Waals surface area contributed by atoms with Crippen molar-refractivity contribution < 1.29 is 4.74 Å². The predicted octanol–water partition coefficient (Wildman–Crippen LogP) is 4.08. The highest BCUT2D eigenvalue weighted by Gasteiger charge is 1.99. The van der Waals surface area contributed by atoms with Crippen LogP contribution in [-0.2, 0) is 10.5 Å². The van der Waals surface area contributed by atoms with Gasteiger partial charge in [0.25, 0.3) is 0 Å². The number of ether oxygens (including phenoxy) is 1. The Hall–Kier alpha value is -0.470. The molecule has 0 radical (unpaired) electrons. The second kappa shape index (κ2) is 7.75. The fourth-order valence-corrected chi connectivity index (χ4v) is 2.26. The number of hydrogen-bond acceptors (Lipinski definition) is 2. The summed E-state index contributed by atoms with van der Waals surface area (Å²) in [6, 6.07) is 8.96. The molecule has 0 saturated carbocycles. The lowest BCUT2D eigenvalue weighted by Crippen LogP contribution is -1.96. The zero-order valence-electron chi connectivity index (χ0n) is 10.5. The average Bonchev–Trinajstić information content (AvgIpc) is 2.29. The summed E-state index contributed by atoms with van der Waals surface area (Å²) in [5, 5.41) is 0. The van der Waals surface area contributed by atoms with Gasteiger partial charge >= 0.3 is 0 Å². The van der Waals surface area contributed by atoms with Gasteiger partial charge in [-0.2, -0.15) is 11.8 Å². The Kier molecular flexibility index (Phi) is 6.58. The number of rotatable bonds is 7. The van der Waals surface area contributed by atoms with Crippen molar-refractivity contribution in [3.63, 3.8) is 0 Å². The molecule has 1 aromatic rings. The molecule has 0 aliphatic heterocycles. The van der Waals surface area contributed by atoms with Crippen LogP contribution in [0.4, 0.5) is 0 Å². The second-order valence-electron chi connectivity index (χ2n) is 4.15. The van der Waals surface area contributed by atoms with E-state index < -0.39 is 0 Å². The number of benzene rings is 1. The Bertz CT molecular complexity index is 279. The first-order valence-electron chi connectivity index (χ1n) is 5.98. The largest absolute Gasteiger partial charge is 0.381 e. The number of thioether (sulfide) groups is 1. The molecule has 0 aromatic heterocycles. The van der Waals surface area contributed by atoms with Crippen LogP contribution in [-0.4, -0.2) is 19.0 Å². The van der Waals surface area contributed by atoms with Crippen molar-refractivity contribution in [1.29, 1.82) is 0 Å². The van der Waals surface area contributed by atoms with E-state index in [9.17, 15) is 0 Å². The molecule has 0 saturated heterocycles. The monoisotopic (exact) mass is 238 g/mol. The number of hydrogen-bond donors (Lipinski definition) is 0. The Labute approximate surface area is 104 Å². The summed E-state index contributed by atoms with van der Waals surface area (Å²) in [6.07, 6.45) is 0. The minimum absolute atomic E-state index is 0.625. The molecular formula is C14H22OS. The summed E-state index contributed by atoms with van der Waals surface area (Å²) >= 11 is 1.94. The van der Waals surface area contributed by atoms with Gasteiger partial charge < -0.3 is 4.74 Å². The van der Waals surface area contributed by atoms with E-state index >= 15 is 0 Å². The van der Waals surface area contributed by atoms with Crippen LogP contribution >= 0.6 is 11.8 Å². The maximum Gasteiger partial charge on any atom is 0.0556 e. The van der Waals surface area contributed by atoms with E-state index in [1.54, 1.807) is 0 Å². The van der Waals surface area contributed by atoms with Gasteiger partial charge in [-0.25, -0.2) is 0 Å². The Morgan fingerprint density at radius 2 is 1.88 bits per heavy atom. The zero-order valence-corrected chi connectivity index (χ0v) is 11.3. The van der Waals surface area contributed by atoms with Gasteiger partial charge in [0.1, 0.15) is 0 Å². The average molecular weight is 238 g/mol. The van der Waals surface area contributed by atoms with Crippen molar-refractivity contribution in [3.05, 3.63) is 35.4 Å². The van der Waals surface area contributed by atoms with Crippen molar-refractivity contribution in [1.82, 2.24) is 0 Å². The molecule has 0 amide bonds. The minimum Gasteiger partial charge on any atom is -0.381 e. The zero-order chi connectivity index (χ0) is 11.8. The van der Waals surface area contributed by atoms with Crippen LogP contribution in [0.3, 0.4) is 0 Å². The van der Waals surface area contributed by atoms with Gasteiger partial charge in [0.05, 0.1) is 6.61 Å². The van der Waals surface area contributed by atoms with Gasteiger partial charge in [0.2, 0.25) is 0 Å². The van der Waals surface area contributed by atoms with E-state index in [1.807, 2.05) is 18.7 Å². The first-order chi connectivity index (χ1) is 7.74. The van der Waals surface area contributed by atoms with E-state index in [4.69, 9.17) is 4.74 Å². The lowest BCUT2D eigenvalue weighted by Gasteiger charge is -2.07. The molecule has 0 bridgehead atoms. The maximum absolute atomic E-state index is 5.30. The molecule has 0 fully saturated rings. The van der Waals surface area contributed by atoms with Crippen LogP contribution in [0.5, 0.6) is 0 Å². The molecule has 90 valence electrons. The molecule has 0 aliphatic rings. The molecule has 1 rings (SSSR count). The van der Waals surface area contributed by atoms with Gasteiger partial charge in [0, 0.05) is 18.1 Å². The quantitative estimate of drug-likeness (QED) is 0.662. The topological polar surface area (TPSA) is 9.23 Å². The van der Waals surface area contributed by atoms with Crippen molar-refractivity contribution in [2.75, 3.05) is 19.0 Å². The van der Waals surface area contributed by atoms with Crippen molar-refractivity contribution in [2.45, 2.75) is 32.4 Å². The molecule has 1 nitrogen and oxygen atoms in total. The summed E-state index contributed by atoms with van der Waals surface area (Å²) < 4.78 is 5.30. The molecule has 1 aromatic carbocycles. The highest BCUT2D eigenvalue weighted by Crippen LogP contribution is 2.17. The van der Waals surface area contributed by atoms with Gasteiger partial charge in [-0.05, 0) is 24.0 Å². The van der Waals surface area contributed by atoms with Crippen LogP contribution in [0.25, 0.3) is 0 Å². The van der Waals surface area contributed by atoms with Gasteiger partial charge in [-0.3, -0.25) is 0 Å². The molecule has 2 heteroatoms. The fraction of sp³-hybridized carbons (Fsp3) is 0.571. The first-order valence-corrected chi connectivity index (χ1v) is 7.13. The third-order valence-electron chi connectivity index (χ3n) is 2.49. The van der Waals surface area contributed by atoms with Crippen molar-refractivity contribution in [2.24, 2.45) is 0 Å². The van der Waals surface area contributed by atoms with Gasteiger partial charge in [0.15, 0.2) is 0 Å². The van der Waals surface area contributed by atoms with Crippen molar-refractivity contribution in [3.8, 4) is 0 Å². The summed E-state index contributed by atoms with van der Waals surface area (Å²) in [4.78, 5) is 0. The minimum atomic E-state index is 0.625.